The summed E-state index contributed by atoms with van der Waals surface area (Å²) in [6.07, 6.45) is 5.97. The van der Waals surface area contributed by atoms with Gasteiger partial charge in [-0.15, -0.1) is 0 Å². The summed E-state index contributed by atoms with van der Waals surface area (Å²) < 4.78 is 0. The zero-order valence-corrected chi connectivity index (χ0v) is 7.06. The molecule has 0 aromatic heterocycles. The Balaban J connectivity index is 1.69. The predicted molar refractivity (Wildman–Crippen MR) is 43.5 cm³/mol. The van der Waals surface area contributed by atoms with Gasteiger partial charge in [0.25, 0.3) is 0 Å². The molecule has 2 aliphatic rings. The van der Waals surface area contributed by atoms with Gasteiger partial charge in [-0.2, -0.15) is 0 Å². The summed E-state index contributed by atoms with van der Waals surface area (Å²) in [4.78, 5) is 0. The second-order valence-corrected chi connectivity index (χ2v) is 4.40. The van der Waals surface area contributed by atoms with Gasteiger partial charge in [-0.3, -0.25) is 0 Å². The van der Waals surface area contributed by atoms with Crippen molar-refractivity contribution in [1.82, 2.24) is 0 Å². The van der Waals surface area contributed by atoms with Crippen LogP contribution < -0.4 is 0 Å². The van der Waals surface area contributed by atoms with E-state index in [9.17, 15) is 0 Å². The highest BCUT2D eigenvalue weighted by Gasteiger charge is 2.47. The van der Waals surface area contributed by atoms with Crippen molar-refractivity contribution in [1.29, 1.82) is 0 Å². The SMILES string of the molecule is CC(C)C[C]1CC1C1CC1. The molecule has 0 nitrogen and oxygen atoms in total. The highest BCUT2D eigenvalue weighted by Crippen LogP contribution is 2.57. The molecule has 2 aliphatic carbocycles. The van der Waals surface area contributed by atoms with Crippen molar-refractivity contribution in [3.8, 4) is 0 Å². The molecule has 2 fully saturated rings. The van der Waals surface area contributed by atoms with Gasteiger partial charge in [0.05, 0.1) is 0 Å². The summed E-state index contributed by atoms with van der Waals surface area (Å²) in [6, 6.07) is 0. The minimum Gasteiger partial charge on any atom is -0.0628 e. The van der Waals surface area contributed by atoms with E-state index in [4.69, 9.17) is 0 Å². The third-order valence-corrected chi connectivity index (χ3v) is 2.71. The summed E-state index contributed by atoms with van der Waals surface area (Å²) in [7, 11) is 0. The minimum absolute atomic E-state index is 0.902. The molecule has 0 N–H and O–H groups in total. The quantitative estimate of drug-likeness (QED) is 0.561. The van der Waals surface area contributed by atoms with Crippen molar-refractivity contribution < 1.29 is 0 Å². The maximum Gasteiger partial charge on any atom is -0.0201 e. The first-order chi connectivity index (χ1) is 4.77. The summed E-state index contributed by atoms with van der Waals surface area (Å²) >= 11 is 0. The van der Waals surface area contributed by atoms with Crippen molar-refractivity contribution in [2.24, 2.45) is 17.8 Å². The van der Waals surface area contributed by atoms with Gasteiger partial charge >= 0.3 is 0 Å². The van der Waals surface area contributed by atoms with Gasteiger partial charge in [-0.1, -0.05) is 13.8 Å². The topological polar surface area (TPSA) is 0 Å². The first-order valence-electron chi connectivity index (χ1n) is 4.62. The van der Waals surface area contributed by atoms with E-state index in [-0.39, 0.29) is 0 Å². The van der Waals surface area contributed by atoms with Crippen LogP contribution in [0.4, 0.5) is 0 Å². The molecule has 10 heavy (non-hydrogen) atoms. The van der Waals surface area contributed by atoms with Crippen LogP contribution in [0.25, 0.3) is 0 Å². The molecule has 0 amide bonds. The number of hydrogen-bond acceptors (Lipinski definition) is 0. The van der Waals surface area contributed by atoms with Crippen LogP contribution in [-0.2, 0) is 0 Å². The van der Waals surface area contributed by atoms with Crippen LogP contribution >= 0.6 is 0 Å². The molecule has 1 unspecified atom stereocenters. The fourth-order valence-electron chi connectivity index (χ4n) is 1.98. The van der Waals surface area contributed by atoms with Crippen molar-refractivity contribution in [3.63, 3.8) is 0 Å². The molecule has 0 bridgehead atoms. The van der Waals surface area contributed by atoms with Crippen LogP contribution in [0.2, 0.25) is 0 Å². The molecule has 2 rings (SSSR count). The monoisotopic (exact) mass is 137 g/mol. The highest BCUT2D eigenvalue weighted by atomic mass is 14.5. The summed E-state index contributed by atoms with van der Waals surface area (Å²) in [5, 5.41) is 0. The van der Waals surface area contributed by atoms with E-state index in [1.165, 1.54) is 25.7 Å². The maximum absolute atomic E-state index is 2.33. The Bertz CT molecular complexity index is 122. The van der Waals surface area contributed by atoms with E-state index in [2.05, 4.69) is 13.8 Å². The van der Waals surface area contributed by atoms with E-state index in [0.29, 0.717) is 0 Å². The summed E-state index contributed by atoms with van der Waals surface area (Å²) in [5.41, 5.74) is 0. The van der Waals surface area contributed by atoms with E-state index < -0.39 is 0 Å². The van der Waals surface area contributed by atoms with E-state index >= 15 is 0 Å². The molecule has 57 valence electrons. The van der Waals surface area contributed by atoms with Crippen LogP contribution in [0.1, 0.15) is 39.5 Å². The normalized spacial score (nSPS) is 33.3. The molecule has 1 radical (unpaired) electrons. The Morgan fingerprint density at radius 1 is 1.40 bits per heavy atom. The lowest BCUT2D eigenvalue weighted by atomic mass is 10.0. The summed E-state index contributed by atoms with van der Waals surface area (Å²) in [6.45, 7) is 4.66. The first kappa shape index (κ1) is 6.69. The van der Waals surface area contributed by atoms with Crippen LogP contribution in [0.3, 0.4) is 0 Å². The molecular weight excluding hydrogens is 120 g/mol. The van der Waals surface area contributed by atoms with Crippen LogP contribution in [0, 0.1) is 23.7 Å². The predicted octanol–water partition coefficient (Wildman–Crippen LogP) is 3.04. The molecular formula is C10H17. The van der Waals surface area contributed by atoms with Crippen LogP contribution in [0.15, 0.2) is 0 Å². The second kappa shape index (κ2) is 2.25. The Labute approximate surface area is 64.0 Å². The van der Waals surface area contributed by atoms with E-state index in [0.717, 1.165) is 17.8 Å². The first-order valence-corrected chi connectivity index (χ1v) is 4.62. The molecule has 0 aromatic rings. The Kier molecular flexibility index (Phi) is 1.51. The van der Waals surface area contributed by atoms with Crippen LogP contribution in [-0.4, -0.2) is 0 Å². The van der Waals surface area contributed by atoms with E-state index in [1.54, 1.807) is 0 Å². The van der Waals surface area contributed by atoms with Gasteiger partial charge in [0, 0.05) is 0 Å². The molecule has 0 aliphatic heterocycles. The lowest BCUT2D eigenvalue weighted by Gasteiger charge is -2.00. The Morgan fingerprint density at radius 3 is 2.60 bits per heavy atom. The summed E-state index contributed by atoms with van der Waals surface area (Å²) in [5.74, 6) is 5.03. The van der Waals surface area contributed by atoms with Gasteiger partial charge < -0.3 is 0 Å². The zero-order valence-electron chi connectivity index (χ0n) is 7.06. The van der Waals surface area contributed by atoms with E-state index in [1.807, 2.05) is 5.92 Å². The largest absolute Gasteiger partial charge is 0.0628 e. The van der Waals surface area contributed by atoms with Crippen molar-refractivity contribution in [2.75, 3.05) is 0 Å². The molecule has 0 saturated heterocycles. The maximum atomic E-state index is 2.33. The number of hydrogen-bond donors (Lipinski definition) is 0. The van der Waals surface area contributed by atoms with Gasteiger partial charge in [0.1, 0.15) is 0 Å². The molecule has 0 heterocycles. The molecule has 2 saturated carbocycles. The van der Waals surface area contributed by atoms with Gasteiger partial charge in [-0.25, -0.2) is 0 Å². The van der Waals surface area contributed by atoms with Gasteiger partial charge in [-0.05, 0) is 49.4 Å². The third kappa shape index (κ3) is 1.36. The lowest BCUT2D eigenvalue weighted by Crippen LogP contribution is -1.90. The lowest BCUT2D eigenvalue weighted by molar-refractivity contribution is 0.601. The average molecular weight is 137 g/mol. The van der Waals surface area contributed by atoms with Gasteiger partial charge in [0.15, 0.2) is 0 Å². The highest BCUT2D eigenvalue weighted by molar-refractivity contribution is 5.18. The molecule has 0 spiro atoms. The molecule has 1 atom stereocenters. The smallest absolute Gasteiger partial charge is 0.0201 e. The fourth-order valence-corrected chi connectivity index (χ4v) is 1.98. The second-order valence-electron chi connectivity index (χ2n) is 4.40. The Morgan fingerprint density at radius 2 is 2.10 bits per heavy atom. The molecule has 0 aromatic carbocycles. The van der Waals surface area contributed by atoms with Crippen LogP contribution in [0.5, 0.6) is 0 Å². The van der Waals surface area contributed by atoms with Crippen molar-refractivity contribution >= 4 is 0 Å². The van der Waals surface area contributed by atoms with Crippen molar-refractivity contribution in [2.45, 2.75) is 39.5 Å². The minimum atomic E-state index is 0.902. The number of rotatable bonds is 3. The average Bonchev–Trinajstić information content (AvgIpc) is 2.49. The van der Waals surface area contributed by atoms with Gasteiger partial charge in [0.2, 0.25) is 0 Å². The zero-order chi connectivity index (χ0) is 7.14. The molecule has 0 heteroatoms. The van der Waals surface area contributed by atoms with Crippen molar-refractivity contribution in [3.05, 3.63) is 5.92 Å². The third-order valence-electron chi connectivity index (χ3n) is 2.71. The fraction of sp³-hybridized carbons (Fsp3) is 0.900. The Hall–Kier alpha value is 0. The standard InChI is InChI=1S/C10H17/c1-7(2)5-9-6-10(9)8-3-4-8/h7-8,10H,3-6H2,1-2H3.